The molecule has 1 N–H and O–H groups in total. The zero-order chi connectivity index (χ0) is 15.7. The maximum atomic E-state index is 12.6. The predicted molar refractivity (Wildman–Crippen MR) is 88.2 cm³/mol. The van der Waals surface area contributed by atoms with Crippen LogP contribution in [0.15, 0.2) is 30.3 Å². The van der Waals surface area contributed by atoms with Gasteiger partial charge >= 0.3 is 6.03 Å². The molecule has 2 amide bonds. The van der Waals surface area contributed by atoms with Crippen LogP contribution in [-0.2, 0) is 0 Å². The van der Waals surface area contributed by atoms with Crippen molar-refractivity contribution in [1.82, 2.24) is 15.1 Å². The minimum Gasteiger partial charge on any atom is -0.319 e. The number of rotatable bonds is 2. The second-order valence-corrected chi connectivity index (χ2v) is 7.30. The number of likely N-dealkylation sites (tertiary alicyclic amines) is 1. The van der Waals surface area contributed by atoms with Gasteiger partial charge in [0.05, 0.1) is 0 Å². The molecule has 3 rings (SSSR count). The van der Waals surface area contributed by atoms with Crippen LogP contribution in [0.5, 0.6) is 0 Å². The van der Waals surface area contributed by atoms with Crippen molar-refractivity contribution in [2.45, 2.75) is 38.6 Å². The molecule has 5 nitrogen and oxygen atoms in total. The highest BCUT2D eigenvalue weighted by Crippen LogP contribution is 2.41. The third kappa shape index (κ3) is 2.70. The van der Waals surface area contributed by atoms with Crippen molar-refractivity contribution in [3.63, 3.8) is 0 Å². The molecule has 1 unspecified atom stereocenters. The molecule has 1 aliphatic heterocycles. The van der Waals surface area contributed by atoms with Crippen LogP contribution in [-0.4, -0.2) is 33.2 Å². The normalized spacial score (nSPS) is 20.1. The molecule has 116 valence electrons. The Kier molecular flexibility index (Phi) is 3.87. The lowest BCUT2D eigenvalue weighted by Gasteiger charge is -2.36. The van der Waals surface area contributed by atoms with Crippen LogP contribution >= 0.6 is 11.3 Å². The minimum absolute atomic E-state index is 0.0976. The van der Waals surface area contributed by atoms with E-state index in [4.69, 9.17) is 0 Å². The molecule has 0 aliphatic carbocycles. The Bertz CT molecular complexity index is 668. The summed E-state index contributed by atoms with van der Waals surface area (Å²) < 4.78 is 0. The lowest BCUT2D eigenvalue weighted by atomic mass is 9.83. The van der Waals surface area contributed by atoms with E-state index >= 15 is 0 Å². The number of carbonyl (C=O) groups excluding carboxylic acids is 1. The number of aromatic nitrogens is 2. The number of hydrogen-bond acceptors (Lipinski definition) is 4. The van der Waals surface area contributed by atoms with Crippen molar-refractivity contribution in [3.05, 3.63) is 40.9 Å². The highest BCUT2D eigenvalue weighted by Gasteiger charge is 2.44. The number of hydrogen-bond donors (Lipinski definition) is 1. The Morgan fingerprint density at radius 3 is 2.68 bits per heavy atom. The summed E-state index contributed by atoms with van der Waals surface area (Å²) in [4.78, 5) is 14.5. The van der Waals surface area contributed by atoms with Crippen molar-refractivity contribution < 1.29 is 4.79 Å². The van der Waals surface area contributed by atoms with Gasteiger partial charge in [-0.3, -0.25) is 5.32 Å². The standard InChI is InChI=1S/C16H20N4OS/c1-11-18-19-14(22-11)17-15(21)20-10-9-13(16(20,2)3)12-7-5-4-6-8-12/h4-8,13H,9-10H2,1-3H3,(H,17,19,21). The molecule has 0 radical (unpaired) electrons. The van der Waals surface area contributed by atoms with Gasteiger partial charge in [0, 0.05) is 18.0 Å². The summed E-state index contributed by atoms with van der Waals surface area (Å²) in [6.45, 7) is 6.87. The molecule has 1 aliphatic rings. The van der Waals surface area contributed by atoms with Gasteiger partial charge in [0.1, 0.15) is 5.01 Å². The van der Waals surface area contributed by atoms with Gasteiger partial charge in [-0.15, -0.1) is 10.2 Å². The minimum atomic E-state index is -0.231. The highest BCUT2D eigenvalue weighted by molar-refractivity contribution is 7.15. The van der Waals surface area contributed by atoms with Gasteiger partial charge in [-0.25, -0.2) is 4.79 Å². The fourth-order valence-electron chi connectivity index (χ4n) is 3.22. The summed E-state index contributed by atoms with van der Waals surface area (Å²) in [5.41, 5.74) is 1.06. The number of aryl methyl sites for hydroxylation is 1. The lowest BCUT2D eigenvalue weighted by molar-refractivity contribution is 0.171. The second-order valence-electron chi connectivity index (χ2n) is 6.11. The molecule has 6 heteroatoms. The van der Waals surface area contributed by atoms with Crippen molar-refractivity contribution in [2.24, 2.45) is 0 Å². The molecular formula is C16H20N4OS. The van der Waals surface area contributed by atoms with Gasteiger partial charge in [0.2, 0.25) is 5.13 Å². The number of nitrogens with one attached hydrogen (secondary N) is 1. The molecule has 2 aromatic rings. The van der Waals surface area contributed by atoms with Crippen LogP contribution < -0.4 is 5.32 Å². The molecule has 0 saturated carbocycles. The van der Waals surface area contributed by atoms with Crippen molar-refractivity contribution in [1.29, 1.82) is 0 Å². The number of nitrogens with zero attached hydrogens (tertiary/aromatic N) is 3. The second kappa shape index (κ2) is 5.68. The highest BCUT2D eigenvalue weighted by atomic mass is 32.1. The Balaban J connectivity index is 1.76. The van der Waals surface area contributed by atoms with Gasteiger partial charge in [0.15, 0.2) is 0 Å². The first kappa shape index (κ1) is 15.0. The van der Waals surface area contributed by atoms with E-state index in [-0.39, 0.29) is 11.6 Å². The van der Waals surface area contributed by atoms with Gasteiger partial charge in [-0.2, -0.15) is 0 Å². The third-order valence-corrected chi connectivity index (χ3v) is 5.13. The molecule has 2 heterocycles. The maximum absolute atomic E-state index is 12.6. The Labute approximate surface area is 134 Å². The molecule has 22 heavy (non-hydrogen) atoms. The Morgan fingerprint density at radius 1 is 1.32 bits per heavy atom. The SMILES string of the molecule is Cc1nnc(NC(=O)N2CCC(c3ccccc3)C2(C)C)s1. The number of amides is 2. The smallest absolute Gasteiger partial charge is 0.319 e. The van der Waals surface area contributed by atoms with Crippen LogP contribution in [0.1, 0.15) is 36.8 Å². The van der Waals surface area contributed by atoms with Gasteiger partial charge < -0.3 is 4.90 Å². The number of benzene rings is 1. The number of anilines is 1. The summed E-state index contributed by atoms with van der Waals surface area (Å²) in [6.07, 6.45) is 0.972. The van der Waals surface area contributed by atoms with Gasteiger partial charge in [-0.05, 0) is 32.8 Å². The first-order chi connectivity index (χ1) is 10.5. The summed E-state index contributed by atoms with van der Waals surface area (Å²) in [5, 5.41) is 12.2. The maximum Gasteiger partial charge on any atom is 0.324 e. The van der Waals surface area contributed by atoms with E-state index in [1.807, 2.05) is 17.9 Å². The molecular weight excluding hydrogens is 296 g/mol. The fourth-order valence-corrected chi connectivity index (χ4v) is 3.80. The lowest BCUT2D eigenvalue weighted by Crippen LogP contribution is -2.47. The fraction of sp³-hybridized carbons (Fsp3) is 0.438. The molecule has 1 fully saturated rings. The van der Waals surface area contributed by atoms with Crippen LogP contribution in [0.3, 0.4) is 0 Å². The quantitative estimate of drug-likeness (QED) is 0.920. The van der Waals surface area contributed by atoms with E-state index in [1.165, 1.54) is 16.9 Å². The zero-order valence-electron chi connectivity index (χ0n) is 13.0. The average molecular weight is 316 g/mol. The van der Waals surface area contributed by atoms with Crippen molar-refractivity contribution in [2.75, 3.05) is 11.9 Å². The van der Waals surface area contributed by atoms with Crippen LogP contribution in [0.4, 0.5) is 9.93 Å². The largest absolute Gasteiger partial charge is 0.324 e. The van der Waals surface area contributed by atoms with E-state index < -0.39 is 0 Å². The molecule has 1 aromatic heterocycles. The van der Waals surface area contributed by atoms with E-state index in [0.717, 1.165) is 18.0 Å². The van der Waals surface area contributed by atoms with Crippen molar-refractivity contribution in [3.8, 4) is 0 Å². The summed E-state index contributed by atoms with van der Waals surface area (Å²) in [7, 11) is 0. The summed E-state index contributed by atoms with van der Waals surface area (Å²) >= 11 is 1.39. The first-order valence-electron chi connectivity index (χ1n) is 7.42. The van der Waals surface area contributed by atoms with Gasteiger partial charge in [0.25, 0.3) is 0 Å². The molecule has 1 saturated heterocycles. The Hall–Kier alpha value is -1.95. The van der Waals surface area contributed by atoms with E-state index in [9.17, 15) is 4.79 Å². The molecule has 1 atom stereocenters. The number of carbonyl (C=O) groups is 1. The predicted octanol–water partition coefficient (Wildman–Crippen LogP) is 3.65. The van der Waals surface area contributed by atoms with Crippen molar-refractivity contribution >= 4 is 22.5 Å². The van der Waals surface area contributed by atoms with Crippen LogP contribution in [0.25, 0.3) is 0 Å². The van der Waals surface area contributed by atoms with Crippen LogP contribution in [0, 0.1) is 6.92 Å². The first-order valence-corrected chi connectivity index (χ1v) is 8.24. The summed E-state index contributed by atoms with van der Waals surface area (Å²) in [5.74, 6) is 0.343. The molecule has 1 aromatic carbocycles. The molecule has 0 bridgehead atoms. The van der Waals surface area contributed by atoms with E-state index in [2.05, 4.69) is 53.6 Å². The number of urea groups is 1. The van der Waals surface area contributed by atoms with Crippen LogP contribution in [0.2, 0.25) is 0 Å². The third-order valence-electron chi connectivity index (χ3n) is 4.38. The molecule has 0 spiro atoms. The van der Waals surface area contributed by atoms with E-state index in [1.54, 1.807) is 0 Å². The zero-order valence-corrected chi connectivity index (χ0v) is 13.9. The topological polar surface area (TPSA) is 58.1 Å². The van der Waals surface area contributed by atoms with E-state index in [0.29, 0.717) is 11.0 Å². The monoisotopic (exact) mass is 316 g/mol. The van der Waals surface area contributed by atoms with Gasteiger partial charge in [-0.1, -0.05) is 41.7 Å². The Morgan fingerprint density at radius 2 is 2.05 bits per heavy atom. The summed E-state index contributed by atoms with van der Waals surface area (Å²) in [6, 6.07) is 10.3. The average Bonchev–Trinajstić information content (AvgIpc) is 3.02.